The zero-order valence-electron chi connectivity index (χ0n) is 15.7. The third-order valence-corrected chi connectivity index (χ3v) is 4.73. The number of ketones is 2. The molecule has 1 aliphatic carbocycles. The highest BCUT2D eigenvalue weighted by Crippen LogP contribution is 2.42. The Morgan fingerprint density at radius 1 is 1.22 bits per heavy atom. The van der Waals surface area contributed by atoms with Crippen LogP contribution in [0.15, 0.2) is 29.8 Å². The van der Waals surface area contributed by atoms with Crippen LogP contribution in [0.4, 0.5) is 0 Å². The van der Waals surface area contributed by atoms with Crippen LogP contribution < -0.4 is 5.32 Å². The summed E-state index contributed by atoms with van der Waals surface area (Å²) in [6.45, 7) is 6.91. The Kier molecular flexibility index (Phi) is 6.59. The average Bonchev–Trinajstić information content (AvgIpc) is 2.61. The first-order chi connectivity index (χ1) is 12.3. The van der Waals surface area contributed by atoms with E-state index in [0.29, 0.717) is 23.4 Å². The lowest BCUT2D eigenvalue weighted by Crippen LogP contribution is -2.47. The van der Waals surface area contributed by atoms with Gasteiger partial charge in [-0.2, -0.15) is 0 Å². The molecule has 0 saturated carbocycles. The summed E-state index contributed by atoms with van der Waals surface area (Å²) in [6.07, 6.45) is -0.214. The van der Waals surface area contributed by atoms with E-state index in [0.717, 1.165) is 6.54 Å². The number of hydrogen-bond donors (Lipinski definition) is 1. The Balaban J connectivity index is 0.00000261. The maximum atomic E-state index is 12.5. The summed E-state index contributed by atoms with van der Waals surface area (Å²) < 4.78 is 11.6. The van der Waals surface area contributed by atoms with Gasteiger partial charge in [0.25, 0.3) is 0 Å². The van der Waals surface area contributed by atoms with Crippen molar-refractivity contribution >= 4 is 40.3 Å². The Bertz CT molecular complexity index is 799. The maximum Gasteiger partial charge on any atom is 0.307 e. The van der Waals surface area contributed by atoms with Crippen LogP contribution in [0.1, 0.15) is 49.5 Å². The second-order valence-corrected chi connectivity index (χ2v) is 7.00. The monoisotopic (exact) mass is 437 g/mol. The Morgan fingerprint density at radius 3 is 2.56 bits per heavy atom. The van der Waals surface area contributed by atoms with E-state index < -0.39 is 23.3 Å². The van der Waals surface area contributed by atoms with Gasteiger partial charge in [-0.15, -0.1) is 17.0 Å². The van der Waals surface area contributed by atoms with Crippen LogP contribution in [-0.4, -0.2) is 42.3 Å². The number of rotatable bonds is 5. The number of Topliss-reactive ketones (excluding diaryl/α,β-unsaturated/α-hetero) is 2. The van der Waals surface area contributed by atoms with Gasteiger partial charge in [0.15, 0.2) is 0 Å². The minimum Gasteiger partial charge on any atom is -0.483 e. The number of ether oxygens (including phenoxy) is 2. The molecule has 3 rings (SSSR count). The van der Waals surface area contributed by atoms with Crippen molar-refractivity contribution in [1.82, 2.24) is 5.32 Å². The fourth-order valence-electron chi connectivity index (χ4n) is 3.23. The van der Waals surface area contributed by atoms with Crippen molar-refractivity contribution in [1.29, 1.82) is 0 Å². The van der Waals surface area contributed by atoms with Gasteiger partial charge in [-0.1, -0.05) is 31.2 Å². The van der Waals surface area contributed by atoms with E-state index in [-0.39, 0.29) is 41.4 Å². The molecule has 2 aliphatic rings. The molecule has 1 aliphatic heterocycles. The van der Waals surface area contributed by atoms with Crippen molar-refractivity contribution in [3.8, 4) is 0 Å². The summed E-state index contributed by atoms with van der Waals surface area (Å²) in [5.41, 5.74) is 0.461. The van der Waals surface area contributed by atoms with Crippen molar-refractivity contribution < 1.29 is 23.9 Å². The number of carbonyl (C=O) groups is 3. The third-order valence-electron chi connectivity index (χ3n) is 4.73. The van der Waals surface area contributed by atoms with Crippen molar-refractivity contribution in [3.05, 3.63) is 41.0 Å². The first-order valence-corrected chi connectivity index (χ1v) is 8.86. The first-order valence-electron chi connectivity index (χ1n) is 8.86. The van der Waals surface area contributed by atoms with Gasteiger partial charge in [0.05, 0.1) is 12.0 Å². The van der Waals surface area contributed by atoms with Crippen molar-refractivity contribution in [3.63, 3.8) is 0 Å². The number of esters is 1. The molecule has 6 nitrogen and oxygen atoms in total. The summed E-state index contributed by atoms with van der Waals surface area (Å²) >= 11 is 0. The van der Waals surface area contributed by atoms with Crippen molar-refractivity contribution in [2.75, 3.05) is 13.1 Å². The summed E-state index contributed by atoms with van der Waals surface area (Å²) in [5, 5.41) is 3.07. The number of nitrogens with one attached hydrogen (secondary N) is 1. The Labute approximate surface area is 169 Å². The lowest BCUT2D eigenvalue weighted by molar-refractivity contribution is -0.163. The Hall–Kier alpha value is -1.99. The van der Waals surface area contributed by atoms with E-state index >= 15 is 0 Å². The van der Waals surface area contributed by atoms with Gasteiger partial charge in [-0.25, -0.2) is 0 Å². The highest BCUT2D eigenvalue weighted by Gasteiger charge is 2.46. The minimum absolute atomic E-state index is 0. The van der Waals surface area contributed by atoms with E-state index in [9.17, 15) is 14.4 Å². The SMILES string of the molecule is Br.CCNCCC(=O)OC1CC2=C(OC1(C)C)c1ccccc1C(=O)C2=O. The minimum atomic E-state index is -0.805. The van der Waals surface area contributed by atoms with E-state index in [4.69, 9.17) is 9.47 Å². The second kappa shape index (κ2) is 8.35. The molecule has 146 valence electrons. The van der Waals surface area contributed by atoms with Crippen LogP contribution >= 0.6 is 17.0 Å². The fraction of sp³-hybridized carbons (Fsp3) is 0.450. The number of halogens is 1. The molecule has 0 radical (unpaired) electrons. The summed E-state index contributed by atoms with van der Waals surface area (Å²) in [7, 11) is 0. The van der Waals surface area contributed by atoms with Gasteiger partial charge in [-0.3, -0.25) is 14.4 Å². The predicted octanol–water partition coefficient (Wildman–Crippen LogP) is 2.85. The second-order valence-electron chi connectivity index (χ2n) is 7.00. The van der Waals surface area contributed by atoms with Crippen LogP contribution in [0.2, 0.25) is 0 Å². The number of hydrogen-bond acceptors (Lipinski definition) is 6. The topological polar surface area (TPSA) is 81.7 Å². The molecule has 1 atom stereocenters. The largest absolute Gasteiger partial charge is 0.483 e. The lowest BCUT2D eigenvalue weighted by Gasteiger charge is -2.41. The van der Waals surface area contributed by atoms with Crippen LogP contribution in [0.25, 0.3) is 5.76 Å². The highest BCUT2D eigenvalue weighted by molar-refractivity contribution is 8.93. The number of fused-ring (bicyclic) bond motifs is 2. The summed E-state index contributed by atoms with van der Waals surface area (Å²) in [6, 6.07) is 6.92. The summed E-state index contributed by atoms with van der Waals surface area (Å²) in [5.74, 6) is -1.05. The van der Waals surface area contributed by atoms with Gasteiger partial charge in [-0.05, 0) is 20.4 Å². The third kappa shape index (κ3) is 4.14. The van der Waals surface area contributed by atoms with Gasteiger partial charge in [0.1, 0.15) is 17.5 Å². The molecule has 0 spiro atoms. The van der Waals surface area contributed by atoms with Crippen LogP contribution in [0.3, 0.4) is 0 Å². The van der Waals surface area contributed by atoms with Gasteiger partial charge >= 0.3 is 5.97 Å². The molecule has 1 aromatic carbocycles. The van der Waals surface area contributed by atoms with E-state index in [1.807, 2.05) is 20.8 Å². The van der Waals surface area contributed by atoms with Gasteiger partial charge in [0, 0.05) is 24.1 Å². The summed E-state index contributed by atoms with van der Waals surface area (Å²) in [4.78, 5) is 37.0. The molecular formula is C20H24BrNO5. The fourth-order valence-corrected chi connectivity index (χ4v) is 3.23. The van der Waals surface area contributed by atoms with Crippen molar-refractivity contribution in [2.45, 2.75) is 45.3 Å². The molecule has 1 aromatic rings. The molecule has 1 heterocycles. The average molecular weight is 438 g/mol. The van der Waals surface area contributed by atoms with E-state index in [2.05, 4.69) is 5.32 Å². The lowest BCUT2D eigenvalue weighted by atomic mass is 9.81. The molecule has 0 aromatic heterocycles. The molecule has 0 fully saturated rings. The number of benzene rings is 1. The Morgan fingerprint density at radius 2 is 1.89 bits per heavy atom. The zero-order valence-corrected chi connectivity index (χ0v) is 17.4. The van der Waals surface area contributed by atoms with E-state index in [1.54, 1.807) is 24.3 Å². The molecule has 1 unspecified atom stereocenters. The molecule has 0 saturated heterocycles. The molecular weight excluding hydrogens is 414 g/mol. The maximum absolute atomic E-state index is 12.5. The number of carbonyl (C=O) groups excluding carboxylic acids is 3. The van der Waals surface area contributed by atoms with E-state index in [1.165, 1.54) is 0 Å². The van der Waals surface area contributed by atoms with Gasteiger partial charge < -0.3 is 14.8 Å². The van der Waals surface area contributed by atoms with Crippen LogP contribution in [0.5, 0.6) is 0 Å². The smallest absolute Gasteiger partial charge is 0.307 e. The standard InChI is InChI=1S/C20H23NO5.BrH/c1-4-21-10-9-16(22)25-15-11-14-18(24)17(23)12-7-5-6-8-13(12)19(14)26-20(15,2)3;/h5-8,15,21H,4,9-11H2,1-3H3;1H. The molecule has 0 bridgehead atoms. The van der Waals surface area contributed by atoms with Crippen molar-refractivity contribution in [2.24, 2.45) is 0 Å². The molecule has 0 amide bonds. The van der Waals surface area contributed by atoms with Crippen LogP contribution in [-0.2, 0) is 19.1 Å². The molecule has 7 heteroatoms. The quantitative estimate of drug-likeness (QED) is 0.433. The predicted molar refractivity (Wildman–Crippen MR) is 106 cm³/mol. The van der Waals surface area contributed by atoms with Gasteiger partial charge in [0.2, 0.25) is 11.6 Å². The molecule has 27 heavy (non-hydrogen) atoms. The highest BCUT2D eigenvalue weighted by atomic mass is 79.9. The normalized spacial score (nSPS) is 20.2. The zero-order chi connectivity index (χ0) is 18.9. The first kappa shape index (κ1) is 21.3. The van der Waals surface area contributed by atoms with Crippen LogP contribution in [0, 0.1) is 0 Å². The molecule has 1 N–H and O–H groups in total.